The molecule has 4 aliphatic carbocycles. The van der Waals surface area contributed by atoms with Crippen molar-refractivity contribution >= 4 is 5.97 Å². The Morgan fingerprint density at radius 2 is 1.66 bits per heavy atom. The van der Waals surface area contributed by atoms with Gasteiger partial charge in [0.05, 0.1) is 12.2 Å². The van der Waals surface area contributed by atoms with E-state index in [2.05, 4.69) is 27.7 Å². The van der Waals surface area contributed by atoms with Gasteiger partial charge in [-0.1, -0.05) is 27.7 Å². The van der Waals surface area contributed by atoms with Crippen molar-refractivity contribution in [3.05, 3.63) is 0 Å². The fourth-order valence-corrected chi connectivity index (χ4v) is 9.18. The van der Waals surface area contributed by atoms with E-state index in [-0.39, 0.29) is 35.4 Å². The summed E-state index contributed by atoms with van der Waals surface area (Å²) in [4.78, 5) is 11.1. The number of carboxylic acids is 1. The molecule has 29 heavy (non-hydrogen) atoms. The van der Waals surface area contributed by atoms with Gasteiger partial charge in [0.25, 0.3) is 0 Å². The number of carboxylic acid groups (broad SMARTS) is 1. The van der Waals surface area contributed by atoms with Gasteiger partial charge in [-0.3, -0.25) is 4.79 Å². The van der Waals surface area contributed by atoms with Crippen molar-refractivity contribution in [3.63, 3.8) is 0 Å². The minimum absolute atomic E-state index is 0.195. The van der Waals surface area contributed by atoms with Crippen LogP contribution in [0.5, 0.6) is 0 Å². The Balaban J connectivity index is 1.59. The molecule has 0 aromatic heterocycles. The summed E-state index contributed by atoms with van der Waals surface area (Å²) in [5.74, 6) is 2.50. The van der Waals surface area contributed by atoms with E-state index >= 15 is 0 Å². The molecule has 4 rings (SSSR count). The van der Waals surface area contributed by atoms with Crippen LogP contribution in [0.25, 0.3) is 0 Å². The first-order valence-corrected chi connectivity index (χ1v) is 12.2. The Hall–Kier alpha value is -0.610. The zero-order chi connectivity index (χ0) is 21.1. The lowest BCUT2D eigenvalue weighted by Crippen LogP contribution is -2.61. The quantitative estimate of drug-likeness (QED) is 0.631. The van der Waals surface area contributed by atoms with Crippen molar-refractivity contribution in [2.75, 3.05) is 0 Å². The minimum Gasteiger partial charge on any atom is -0.481 e. The Morgan fingerprint density at radius 3 is 2.34 bits per heavy atom. The maximum Gasteiger partial charge on any atom is 0.303 e. The SMILES string of the molecule is C[C@H](CCC(=O)O)[C@H]1CC[C@H]2[C@@H]3C(O)[C@@H](C)[C@@H]4C[C@H](O)CC[C@]4(C)[C@H]3CC[C@]12C. The summed E-state index contributed by atoms with van der Waals surface area (Å²) in [5, 5.41) is 31.0. The molecule has 0 aromatic carbocycles. The topological polar surface area (TPSA) is 77.8 Å². The normalized spacial score (nSPS) is 52.9. The molecule has 0 aromatic rings. The highest BCUT2D eigenvalue weighted by atomic mass is 16.4. The number of rotatable bonds is 4. The second-order valence-electron chi connectivity index (χ2n) is 11.8. The van der Waals surface area contributed by atoms with E-state index in [9.17, 15) is 15.0 Å². The number of carbonyl (C=O) groups is 1. The van der Waals surface area contributed by atoms with Crippen molar-refractivity contribution < 1.29 is 20.1 Å². The highest BCUT2D eigenvalue weighted by molar-refractivity contribution is 5.66. The highest BCUT2D eigenvalue weighted by Crippen LogP contribution is 2.69. The van der Waals surface area contributed by atoms with Gasteiger partial charge in [-0.05, 0) is 104 Å². The molecule has 0 spiro atoms. The summed E-state index contributed by atoms with van der Waals surface area (Å²) in [5.41, 5.74) is 0.480. The summed E-state index contributed by atoms with van der Waals surface area (Å²) in [7, 11) is 0. The van der Waals surface area contributed by atoms with E-state index in [4.69, 9.17) is 5.11 Å². The van der Waals surface area contributed by atoms with Gasteiger partial charge < -0.3 is 15.3 Å². The Bertz CT molecular complexity index is 634. The fourth-order valence-electron chi connectivity index (χ4n) is 9.18. The molecule has 4 aliphatic rings. The summed E-state index contributed by atoms with van der Waals surface area (Å²) in [6.07, 6.45) is 8.22. The van der Waals surface area contributed by atoms with Crippen LogP contribution in [0, 0.1) is 52.3 Å². The maximum atomic E-state index is 11.5. The molecule has 0 bridgehead atoms. The van der Waals surface area contributed by atoms with Crippen LogP contribution in [0.4, 0.5) is 0 Å². The molecular formula is C25H42O4. The van der Waals surface area contributed by atoms with Crippen LogP contribution < -0.4 is 0 Å². The number of aliphatic hydroxyl groups is 2. The molecule has 0 saturated heterocycles. The number of hydrogen-bond acceptors (Lipinski definition) is 3. The van der Waals surface area contributed by atoms with Crippen molar-refractivity contribution in [2.45, 2.75) is 97.7 Å². The van der Waals surface area contributed by atoms with Gasteiger partial charge in [0.2, 0.25) is 0 Å². The van der Waals surface area contributed by atoms with Crippen molar-refractivity contribution in [3.8, 4) is 0 Å². The Kier molecular flexibility index (Phi) is 5.60. The third kappa shape index (κ3) is 3.28. The van der Waals surface area contributed by atoms with Crippen LogP contribution in [0.1, 0.15) is 85.5 Å². The van der Waals surface area contributed by atoms with E-state index in [0.29, 0.717) is 35.5 Å². The first kappa shape index (κ1) is 21.6. The Labute approximate surface area is 176 Å². The third-order valence-corrected chi connectivity index (χ3v) is 10.7. The Morgan fingerprint density at radius 1 is 1.00 bits per heavy atom. The fraction of sp³-hybridized carbons (Fsp3) is 0.960. The van der Waals surface area contributed by atoms with Gasteiger partial charge in [0, 0.05) is 6.42 Å². The molecule has 3 N–H and O–H groups in total. The predicted molar refractivity (Wildman–Crippen MR) is 113 cm³/mol. The van der Waals surface area contributed by atoms with E-state index in [1.54, 1.807) is 0 Å². The lowest BCUT2D eigenvalue weighted by molar-refractivity contribution is -0.199. The zero-order valence-electron chi connectivity index (χ0n) is 18.8. The molecular weight excluding hydrogens is 364 g/mol. The van der Waals surface area contributed by atoms with Crippen molar-refractivity contribution in [1.29, 1.82) is 0 Å². The molecule has 1 unspecified atom stereocenters. The highest BCUT2D eigenvalue weighted by Gasteiger charge is 2.64. The number of aliphatic hydroxyl groups excluding tert-OH is 2. The van der Waals surface area contributed by atoms with Gasteiger partial charge in [-0.25, -0.2) is 0 Å². The molecule has 4 saturated carbocycles. The first-order valence-electron chi connectivity index (χ1n) is 12.2. The summed E-state index contributed by atoms with van der Waals surface area (Å²) >= 11 is 0. The van der Waals surface area contributed by atoms with Crippen molar-refractivity contribution in [2.24, 2.45) is 52.3 Å². The molecule has 0 heterocycles. The third-order valence-electron chi connectivity index (χ3n) is 10.7. The van der Waals surface area contributed by atoms with Crippen LogP contribution in [0.15, 0.2) is 0 Å². The molecule has 0 aliphatic heterocycles. The molecule has 4 heteroatoms. The maximum absolute atomic E-state index is 11.5. The van der Waals surface area contributed by atoms with Crippen LogP contribution >= 0.6 is 0 Å². The van der Waals surface area contributed by atoms with Crippen LogP contribution in [0.3, 0.4) is 0 Å². The number of hydrogen-bond donors (Lipinski definition) is 3. The average molecular weight is 407 g/mol. The molecule has 11 atom stereocenters. The van der Waals surface area contributed by atoms with Gasteiger partial charge in [-0.2, -0.15) is 0 Å². The van der Waals surface area contributed by atoms with Crippen LogP contribution in [-0.2, 0) is 4.79 Å². The average Bonchev–Trinajstić information content (AvgIpc) is 3.02. The van der Waals surface area contributed by atoms with E-state index in [1.807, 2.05) is 0 Å². The van der Waals surface area contributed by atoms with E-state index in [0.717, 1.165) is 25.7 Å². The summed E-state index contributed by atoms with van der Waals surface area (Å²) < 4.78 is 0. The molecule has 4 nitrogen and oxygen atoms in total. The minimum atomic E-state index is -0.685. The van der Waals surface area contributed by atoms with E-state index < -0.39 is 5.97 Å². The predicted octanol–water partition coefficient (Wildman–Crippen LogP) is 4.72. The van der Waals surface area contributed by atoms with E-state index in [1.165, 1.54) is 25.7 Å². The van der Waals surface area contributed by atoms with Crippen molar-refractivity contribution in [1.82, 2.24) is 0 Å². The van der Waals surface area contributed by atoms with Gasteiger partial charge >= 0.3 is 5.97 Å². The lowest BCUT2D eigenvalue weighted by atomic mass is 9.42. The number of aliphatic carboxylic acids is 1. The second kappa shape index (κ2) is 7.51. The van der Waals surface area contributed by atoms with Crippen LogP contribution in [-0.4, -0.2) is 33.5 Å². The standard InChI is InChI=1S/C25H42O4/c1-14(5-8-21(27)28)17-6-7-18-22-19(10-12-24(17,18)3)25(4)11-9-16(26)13-20(25)15(2)23(22)29/h14-20,22-23,26,29H,5-13H2,1-4H3,(H,27,28)/t14-,15+,16-,17-,18+,19+,20+,22+,23?,24-,25-/m1/s1. The molecule has 166 valence electrons. The largest absolute Gasteiger partial charge is 0.481 e. The molecule has 0 radical (unpaired) electrons. The first-order chi connectivity index (χ1) is 13.6. The smallest absolute Gasteiger partial charge is 0.303 e. The number of fused-ring (bicyclic) bond motifs is 5. The monoisotopic (exact) mass is 406 g/mol. The lowest BCUT2D eigenvalue weighted by Gasteiger charge is -2.64. The second-order valence-corrected chi connectivity index (χ2v) is 11.8. The molecule has 4 fully saturated rings. The zero-order valence-corrected chi connectivity index (χ0v) is 18.8. The van der Waals surface area contributed by atoms with Gasteiger partial charge in [-0.15, -0.1) is 0 Å². The van der Waals surface area contributed by atoms with Crippen LogP contribution in [0.2, 0.25) is 0 Å². The van der Waals surface area contributed by atoms with Gasteiger partial charge in [0.15, 0.2) is 0 Å². The van der Waals surface area contributed by atoms with Gasteiger partial charge in [0.1, 0.15) is 0 Å². The summed E-state index contributed by atoms with van der Waals surface area (Å²) in [6.45, 7) is 9.41. The summed E-state index contributed by atoms with van der Waals surface area (Å²) in [6, 6.07) is 0. The molecule has 0 amide bonds.